The molecule has 9 heteroatoms. The van der Waals surface area contributed by atoms with Crippen LogP contribution in [0.5, 0.6) is 0 Å². The molecule has 0 saturated carbocycles. The van der Waals surface area contributed by atoms with Crippen LogP contribution in [-0.2, 0) is 9.53 Å². The summed E-state index contributed by atoms with van der Waals surface area (Å²) in [5.41, 5.74) is 0. The van der Waals surface area contributed by atoms with E-state index in [0.717, 1.165) is 26.2 Å². The monoisotopic (exact) mass is 272 g/mol. The normalized spacial score (nSPS) is 15.4. The van der Waals surface area contributed by atoms with Gasteiger partial charge in [-0.05, 0) is 6.92 Å². The lowest BCUT2D eigenvalue weighted by atomic mass is 10.4. The van der Waals surface area contributed by atoms with Gasteiger partial charge in [0.25, 0.3) is 0 Å². The Hall–Kier alpha value is -1.51. The van der Waals surface area contributed by atoms with Gasteiger partial charge in [-0.3, -0.25) is 0 Å². The number of aliphatic carboxylic acids is 1. The van der Waals surface area contributed by atoms with Gasteiger partial charge in [0.15, 0.2) is 0 Å². The van der Waals surface area contributed by atoms with Crippen LogP contribution in [0.3, 0.4) is 0 Å². The second-order valence-corrected chi connectivity index (χ2v) is 3.24. The molecule has 2 N–H and O–H groups in total. The number of amides is 1. The predicted molar refractivity (Wildman–Crippen MR) is 55.2 cm³/mol. The third kappa shape index (κ3) is 6.94. The van der Waals surface area contributed by atoms with Crippen LogP contribution in [0.25, 0.3) is 0 Å². The summed E-state index contributed by atoms with van der Waals surface area (Å²) < 4.78 is 36.6. The first-order chi connectivity index (χ1) is 8.29. The highest BCUT2D eigenvalue weighted by atomic mass is 19.4. The molecule has 0 bridgehead atoms. The predicted octanol–water partition coefficient (Wildman–Crippen LogP) is 0.681. The largest absolute Gasteiger partial charge is 0.490 e. The first-order valence-corrected chi connectivity index (χ1v) is 5.21. The molecule has 0 aliphatic carbocycles. The number of ether oxygens (including phenoxy) is 1. The van der Waals surface area contributed by atoms with Crippen LogP contribution in [0.4, 0.5) is 18.0 Å². The van der Waals surface area contributed by atoms with Gasteiger partial charge in [-0.1, -0.05) is 0 Å². The minimum atomic E-state index is -5.08. The Bertz CT molecular complexity index is 277. The molecule has 0 unspecified atom stereocenters. The summed E-state index contributed by atoms with van der Waals surface area (Å²) >= 11 is 0. The van der Waals surface area contributed by atoms with Crippen molar-refractivity contribution in [2.75, 3.05) is 32.8 Å². The van der Waals surface area contributed by atoms with Gasteiger partial charge in [0.2, 0.25) is 0 Å². The van der Waals surface area contributed by atoms with Crippen LogP contribution in [0.2, 0.25) is 0 Å². The molecule has 0 radical (unpaired) electrons. The Balaban J connectivity index is 0.000000360. The summed E-state index contributed by atoms with van der Waals surface area (Å²) in [5.74, 6) is -2.76. The highest BCUT2D eigenvalue weighted by Crippen LogP contribution is 2.13. The second kappa shape index (κ2) is 7.75. The maximum atomic E-state index is 11.1. The maximum Gasteiger partial charge on any atom is 0.490 e. The van der Waals surface area contributed by atoms with Crippen LogP contribution >= 0.6 is 0 Å². The van der Waals surface area contributed by atoms with Gasteiger partial charge < -0.3 is 20.1 Å². The molecule has 1 rings (SSSR count). The molecule has 1 aliphatic rings. The van der Waals surface area contributed by atoms with E-state index in [1.807, 2.05) is 6.92 Å². The maximum absolute atomic E-state index is 11.1. The number of nitrogens with one attached hydrogen (secondary N) is 1. The van der Waals surface area contributed by atoms with E-state index in [1.54, 1.807) is 4.90 Å². The van der Waals surface area contributed by atoms with Crippen molar-refractivity contribution >= 4 is 12.1 Å². The molecule has 18 heavy (non-hydrogen) atoms. The Morgan fingerprint density at radius 2 is 1.78 bits per heavy atom. The number of alkyl halides is 3. The Kier molecular flexibility index (Phi) is 7.10. The third-order valence-electron chi connectivity index (χ3n) is 1.89. The van der Waals surface area contributed by atoms with Crippen molar-refractivity contribution in [3.63, 3.8) is 0 Å². The zero-order valence-corrected chi connectivity index (χ0v) is 9.79. The van der Waals surface area contributed by atoms with Crippen molar-refractivity contribution in [3.8, 4) is 0 Å². The summed E-state index contributed by atoms with van der Waals surface area (Å²) in [6.07, 6.45) is -5.27. The molecule has 0 aromatic carbocycles. The topological polar surface area (TPSA) is 78.9 Å². The highest BCUT2D eigenvalue weighted by molar-refractivity contribution is 5.73. The van der Waals surface area contributed by atoms with Crippen molar-refractivity contribution in [3.05, 3.63) is 0 Å². The number of rotatable bonds is 1. The molecule has 1 amide bonds. The smallest absolute Gasteiger partial charge is 0.475 e. The third-order valence-corrected chi connectivity index (χ3v) is 1.89. The van der Waals surface area contributed by atoms with Gasteiger partial charge in [0, 0.05) is 26.2 Å². The summed E-state index contributed by atoms with van der Waals surface area (Å²) in [4.78, 5) is 21.7. The number of piperazine rings is 1. The average Bonchev–Trinajstić information content (AvgIpc) is 2.30. The van der Waals surface area contributed by atoms with E-state index in [2.05, 4.69) is 5.32 Å². The van der Waals surface area contributed by atoms with Gasteiger partial charge in [-0.15, -0.1) is 0 Å². The van der Waals surface area contributed by atoms with E-state index in [0.29, 0.717) is 6.61 Å². The zero-order valence-electron chi connectivity index (χ0n) is 9.79. The van der Waals surface area contributed by atoms with Gasteiger partial charge in [-0.25, -0.2) is 9.59 Å². The molecule has 0 atom stereocenters. The fourth-order valence-corrected chi connectivity index (χ4v) is 1.06. The van der Waals surface area contributed by atoms with Gasteiger partial charge in [0.1, 0.15) is 0 Å². The molecule has 1 fully saturated rings. The number of carbonyl (C=O) groups excluding carboxylic acids is 1. The molecule has 1 saturated heterocycles. The summed E-state index contributed by atoms with van der Waals surface area (Å²) in [6.45, 7) is 5.55. The van der Waals surface area contributed by atoms with Crippen molar-refractivity contribution in [2.24, 2.45) is 0 Å². The second-order valence-electron chi connectivity index (χ2n) is 3.24. The molecule has 0 aromatic heterocycles. The highest BCUT2D eigenvalue weighted by Gasteiger charge is 2.38. The summed E-state index contributed by atoms with van der Waals surface area (Å²) in [6, 6.07) is 0. The zero-order chi connectivity index (χ0) is 14.2. The van der Waals surface area contributed by atoms with E-state index >= 15 is 0 Å². The molecular formula is C9H15F3N2O4. The van der Waals surface area contributed by atoms with Crippen LogP contribution < -0.4 is 5.32 Å². The Morgan fingerprint density at radius 3 is 2.11 bits per heavy atom. The van der Waals surface area contributed by atoms with Crippen molar-refractivity contribution in [1.82, 2.24) is 10.2 Å². The Morgan fingerprint density at radius 1 is 1.33 bits per heavy atom. The van der Waals surface area contributed by atoms with E-state index in [1.165, 1.54) is 0 Å². The molecular weight excluding hydrogens is 257 g/mol. The van der Waals surface area contributed by atoms with E-state index < -0.39 is 12.1 Å². The fourth-order valence-electron chi connectivity index (χ4n) is 1.06. The summed E-state index contributed by atoms with van der Waals surface area (Å²) in [5, 5.41) is 10.3. The number of hydrogen-bond donors (Lipinski definition) is 2. The lowest BCUT2D eigenvalue weighted by Crippen LogP contribution is -2.46. The van der Waals surface area contributed by atoms with Crippen LogP contribution in [0.1, 0.15) is 6.92 Å². The van der Waals surface area contributed by atoms with Crippen molar-refractivity contribution < 1.29 is 32.6 Å². The number of carbonyl (C=O) groups is 2. The molecule has 0 aromatic rings. The lowest BCUT2D eigenvalue weighted by Gasteiger charge is -2.26. The van der Waals surface area contributed by atoms with Crippen LogP contribution in [0, 0.1) is 0 Å². The first-order valence-electron chi connectivity index (χ1n) is 5.21. The molecule has 1 heterocycles. The first kappa shape index (κ1) is 16.5. The van der Waals surface area contributed by atoms with Crippen molar-refractivity contribution in [1.29, 1.82) is 0 Å². The minimum absolute atomic E-state index is 0.186. The quantitative estimate of drug-likeness (QED) is 0.734. The van der Waals surface area contributed by atoms with Gasteiger partial charge in [0.05, 0.1) is 6.61 Å². The standard InChI is InChI=1S/C7H14N2O2.C2HF3O2/c1-2-11-7(10)9-5-3-8-4-6-9;3-2(4,5)1(6)7/h8H,2-6H2,1H3;(H,6,7). The van der Waals surface area contributed by atoms with Gasteiger partial charge >= 0.3 is 18.2 Å². The fraction of sp³-hybridized carbons (Fsp3) is 0.778. The minimum Gasteiger partial charge on any atom is -0.475 e. The molecule has 0 spiro atoms. The van der Waals surface area contributed by atoms with E-state index in [9.17, 15) is 18.0 Å². The van der Waals surface area contributed by atoms with E-state index in [4.69, 9.17) is 14.6 Å². The van der Waals surface area contributed by atoms with Crippen molar-refractivity contribution in [2.45, 2.75) is 13.1 Å². The molecule has 6 nitrogen and oxygen atoms in total. The van der Waals surface area contributed by atoms with Crippen LogP contribution in [-0.4, -0.2) is 61.0 Å². The SMILES string of the molecule is CCOC(=O)N1CCNCC1.O=C(O)C(F)(F)F. The average molecular weight is 272 g/mol. The van der Waals surface area contributed by atoms with Gasteiger partial charge in [-0.2, -0.15) is 13.2 Å². The Labute approximate surface area is 102 Å². The molecule has 106 valence electrons. The number of hydrogen-bond acceptors (Lipinski definition) is 4. The van der Waals surface area contributed by atoms with Crippen LogP contribution in [0.15, 0.2) is 0 Å². The number of halogens is 3. The summed E-state index contributed by atoms with van der Waals surface area (Å²) in [7, 11) is 0. The number of carboxylic acids is 1. The molecule has 1 aliphatic heterocycles. The van der Waals surface area contributed by atoms with E-state index in [-0.39, 0.29) is 6.09 Å². The number of carboxylic acid groups (broad SMARTS) is 1. The number of nitrogens with zero attached hydrogens (tertiary/aromatic N) is 1. The lowest BCUT2D eigenvalue weighted by molar-refractivity contribution is -0.192.